The number of aliphatic carboxylic acids is 1. The van der Waals surface area contributed by atoms with Gasteiger partial charge in [0.25, 0.3) is 5.91 Å². The highest BCUT2D eigenvalue weighted by atomic mass is 32.2. The van der Waals surface area contributed by atoms with E-state index in [0.717, 1.165) is 6.07 Å². The van der Waals surface area contributed by atoms with Crippen molar-refractivity contribution in [2.45, 2.75) is 19.1 Å². The van der Waals surface area contributed by atoms with Crippen molar-refractivity contribution in [3.8, 4) is 5.75 Å². The molecule has 21 heavy (non-hydrogen) atoms. The van der Waals surface area contributed by atoms with Gasteiger partial charge in [0.2, 0.25) is 0 Å². The number of amides is 1. The van der Waals surface area contributed by atoms with Gasteiger partial charge in [-0.05, 0) is 36.6 Å². The molecule has 0 unspecified atom stereocenters. The molecular weight excluding hydrogens is 304 g/mol. The Bertz CT molecular complexity index is 499. The Morgan fingerprint density at radius 2 is 2.14 bits per heavy atom. The molecule has 8 heteroatoms. The lowest BCUT2D eigenvalue weighted by molar-refractivity contribution is -0.139. The summed E-state index contributed by atoms with van der Waals surface area (Å²) >= 11 is 1.46. The predicted molar refractivity (Wildman–Crippen MR) is 75.0 cm³/mol. The minimum absolute atomic E-state index is 0.0588. The number of halogens is 2. The molecule has 0 saturated carbocycles. The maximum atomic E-state index is 12.1. The lowest BCUT2D eigenvalue weighted by Gasteiger charge is -2.14. The molecule has 0 heterocycles. The smallest absolute Gasteiger partial charge is 0.387 e. The van der Waals surface area contributed by atoms with E-state index in [-0.39, 0.29) is 17.7 Å². The number of carbonyl (C=O) groups excluding carboxylic acids is 1. The Kier molecular flexibility index (Phi) is 6.93. The zero-order chi connectivity index (χ0) is 15.8. The average molecular weight is 319 g/mol. The van der Waals surface area contributed by atoms with Crippen LogP contribution in [0, 0.1) is 0 Å². The standard InChI is InChI=1S/C13H15F2NO4S/c1-21-6-5-10(12(18)19)16-11(17)8-3-2-4-9(7-8)20-13(14)15/h2-4,7,10,13H,5-6H2,1H3,(H,16,17)(H,18,19)/t10-/m0/s1. The summed E-state index contributed by atoms with van der Waals surface area (Å²) in [7, 11) is 0. The van der Waals surface area contributed by atoms with Crippen molar-refractivity contribution in [3.05, 3.63) is 29.8 Å². The fourth-order valence-electron chi connectivity index (χ4n) is 1.55. The Morgan fingerprint density at radius 1 is 1.43 bits per heavy atom. The summed E-state index contributed by atoms with van der Waals surface area (Å²) in [6, 6.07) is 4.16. The lowest BCUT2D eigenvalue weighted by Crippen LogP contribution is -2.41. The molecule has 0 spiro atoms. The highest BCUT2D eigenvalue weighted by Gasteiger charge is 2.20. The molecule has 0 aliphatic heterocycles. The summed E-state index contributed by atoms with van der Waals surface area (Å²) < 4.78 is 28.4. The molecule has 0 saturated heterocycles. The highest BCUT2D eigenvalue weighted by molar-refractivity contribution is 7.98. The summed E-state index contributed by atoms with van der Waals surface area (Å²) in [6.07, 6.45) is 2.10. The zero-order valence-corrected chi connectivity index (χ0v) is 12.0. The number of ether oxygens (including phenoxy) is 1. The molecule has 1 amide bonds. The van der Waals surface area contributed by atoms with Crippen molar-refractivity contribution < 1.29 is 28.2 Å². The average Bonchev–Trinajstić information content (AvgIpc) is 2.42. The van der Waals surface area contributed by atoms with Crippen molar-refractivity contribution in [1.29, 1.82) is 0 Å². The van der Waals surface area contributed by atoms with Gasteiger partial charge in [-0.25, -0.2) is 4.79 Å². The number of nitrogens with one attached hydrogen (secondary N) is 1. The van der Waals surface area contributed by atoms with Crippen LogP contribution in [0.4, 0.5) is 8.78 Å². The molecule has 1 aromatic rings. The van der Waals surface area contributed by atoms with Gasteiger partial charge < -0.3 is 15.2 Å². The van der Waals surface area contributed by atoms with E-state index in [4.69, 9.17) is 5.11 Å². The molecule has 0 aliphatic carbocycles. The number of benzene rings is 1. The van der Waals surface area contributed by atoms with Crippen LogP contribution in [0.15, 0.2) is 24.3 Å². The topological polar surface area (TPSA) is 75.6 Å². The van der Waals surface area contributed by atoms with E-state index in [0.29, 0.717) is 5.75 Å². The van der Waals surface area contributed by atoms with Crippen LogP contribution in [-0.4, -0.2) is 41.6 Å². The maximum absolute atomic E-state index is 12.1. The molecule has 0 fully saturated rings. The Labute approximate surface area is 124 Å². The van der Waals surface area contributed by atoms with E-state index >= 15 is 0 Å². The van der Waals surface area contributed by atoms with Crippen molar-refractivity contribution >= 4 is 23.6 Å². The van der Waals surface area contributed by atoms with E-state index < -0.39 is 24.5 Å². The van der Waals surface area contributed by atoms with Crippen LogP contribution < -0.4 is 10.1 Å². The van der Waals surface area contributed by atoms with E-state index in [1.165, 1.54) is 30.0 Å². The first-order valence-electron chi connectivity index (χ1n) is 6.01. The number of rotatable bonds is 8. The van der Waals surface area contributed by atoms with Crippen molar-refractivity contribution in [2.24, 2.45) is 0 Å². The maximum Gasteiger partial charge on any atom is 0.387 e. The van der Waals surface area contributed by atoms with Crippen molar-refractivity contribution in [1.82, 2.24) is 5.32 Å². The van der Waals surface area contributed by atoms with E-state index in [2.05, 4.69) is 10.1 Å². The van der Waals surface area contributed by atoms with Crippen LogP contribution in [0.2, 0.25) is 0 Å². The minimum Gasteiger partial charge on any atom is -0.480 e. The first-order valence-corrected chi connectivity index (χ1v) is 7.41. The van der Waals surface area contributed by atoms with Crippen molar-refractivity contribution in [3.63, 3.8) is 0 Å². The molecule has 0 radical (unpaired) electrons. The third kappa shape index (κ3) is 5.99. The molecule has 1 aromatic carbocycles. The Balaban J connectivity index is 2.75. The van der Waals surface area contributed by atoms with Crippen molar-refractivity contribution in [2.75, 3.05) is 12.0 Å². The van der Waals surface area contributed by atoms with Crippen LogP contribution in [-0.2, 0) is 4.79 Å². The molecule has 1 atom stereocenters. The van der Waals surface area contributed by atoms with Crippen LogP contribution in [0.25, 0.3) is 0 Å². The fraction of sp³-hybridized carbons (Fsp3) is 0.385. The number of carboxylic acid groups (broad SMARTS) is 1. The monoisotopic (exact) mass is 319 g/mol. The molecule has 0 bridgehead atoms. The third-order valence-corrected chi connectivity index (χ3v) is 3.18. The van der Waals surface area contributed by atoms with Gasteiger partial charge in [0.1, 0.15) is 11.8 Å². The quantitative estimate of drug-likeness (QED) is 0.768. The zero-order valence-electron chi connectivity index (χ0n) is 11.2. The first-order chi connectivity index (χ1) is 9.93. The minimum atomic E-state index is -2.99. The third-order valence-electron chi connectivity index (χ3n) is 2.54. The van der Waals surface area contributed by atoms with Crippen LogP contribution >= 0.6 is 11.8 Å². The first kappa shape index (κ1) is 17.2. The molecule has 0 aliphatic rings. The Morgan fingerprint density at radius 3 is 2.71 bits per heavy atom. The lowest BCUT2D eigenvalue weighted by atomic mass is 10.1. The van der Waals surface area contributed by atoms with Gasteiger partial charge in [-0.3, -0.25) is 4.79 Å². The number of hydrogen-bond acceptors (Lipinski definition) is 4. The van der Waals surface area contributed by atoms with Gasteiger partial charge in [-0.15, -0.1) is 0 Å². The normalized spacial score (nSPS) is 12.0. The predicted octanol–water partition coefficient (Wildman–Crippen LogP) is 2.22. The fourth-order valence-corrected chi connectivity index (χ4v) is 2.02. The van der Waals surface area contributed by atoms with Gasteiger partial charge >= 0.3 is 12.6 Å². The summed E-state index contributed by atoms with van der Waals surface area (Å²) in [5.74, 6) is -1.37. The highest BCUT2D eigenvalue weighted by Crippen LogP contribution is 2.16. The molecule has 0 aromatic heterocycles. The van der Waals surface area contributed by atoms with E-state index in [1.807, 2.05) is 6.26 Å². The molecular formula is C13H15F2NO4S. The summed E-state index contributed by atoms with van der Waals surface area (Å²) in [6.45, 7) is -2.99. The van der Waals surface area contributed by atoms with Crippen LogP contribution in [0.1, 0.15) is 16.8 Å². The van der Waals surface area contributed by atoms with Crippen LogP contribution in [0.3, 0.4) is 0 Å². The second kappa shape index (κ2) is 8.46. The number of carboxylic acids is 1. The summed E-state index contributed by atoms with van der Waals surface area (Å²) in [4.78, 5) is 23.0. The van der Waals surface area contributed by atoms with Gasteiger partial charge in [0.05, 0.1) is 0 Å². The summed E-state index contributed by atoms with van der Waals surface area (Å²) in [5, 5.41) is 11.4. The largest absolute Gasteiger partial charge is 0.480 e. The van der Waals surface area contributed by atoms with Gasteiger partial charge in [-0.1, -0.05) is 6.07 Å². The van der Waals surface area contributed by atoms with E-state index in [1.54, 1.807) is 0 Å². The second-order valence-corrected chi connectivity index (χ2v) is 5.04. The van der Waals surface area contributed by atoms with Gasteiger partial charge in [-0.2, -0.15) is 20.5 Å². The number of hydrogen-bond donors (Lipinski definition) is 2. The SMILES string of the molecule is CSCC[C@H](NC(=O)c1cccc(OC(F)F)c1)C(=O)O. The molecule has 2 N–H and O–H groups in total. The molecule has 116 valence electrons. The number of alkyl halides is 2. The summed E-state index contributed by atoms with van der Waals surface area (Å²) in [5.41, 5.74) is 0.0588. The van der Waals surface area contributed by atoms with Crippen LogP contribution in [0.5, 0.6) is 5.75 Å². The number of carbonyl (C=O) groups is 2. The van der Waals surface area contributed by atoms with Gasteiger partial charge in [0, 0.05) is 5.56 Å². The second-order valence-electron chi connectivity index (χ2n) is 4.05. The number of thioether (sulfide) groups is 1. The van der Waals surface area contributed by atoms with E-state index in [9.17, 15) is 18.4 Å². The molecule has 1 rings (SSSR count). The van der Waals surface area contributed by atoms with Gasteiger partial charge in [0.15, 0.2) is 0 Å². The molecule has 5 nitrogen and oxygen atoms in total. The Hall–Kier alpha value is -1.83.